The summed E-state index contributed by atoms with van der Waals surface area (Å²) in [5, 5.41) is 3.06. The van der Waals surface area contributed by atoms with Crippen molar-refractivity contribution in [2.24, 2.45) is 23.2 Å². The minimum Gasteiger partial charge on any atom is -0.313 e. The van der Waals surface area contributed by atoms with Gasteiger partial charge in [-0.05, 0) is 56.9 Å². The van der Waals surface area contributed by atoms with Gasteiger partial charge in [-0.25, -0.2) is 0 Å². The second-order valence-corrected chi connectivity index (χ2v) is 6.49. The van der Waals surface area contributed by atoms with Crippen LogP contribution >= 0.6 is 0 Å². The number of carbonyl (C=O) groups excluding carboxylic acids is 1. The van der Waals surface area contributed by atoms with Crippen LogP contribution in [-0.2, 0) is 4.79 Å². The molecule has 0 spiro atoms. The average Bonchev–Trinajstić information content (AvgIpc) is 2.46. The molecule has 0 unspecified atom stereocenters. The zero-order valence-corrected chi connectivity index (χ0v) is 10.3. The van der Waals surface area contributed by atoms with Crippen LogP contribution in [-0.4, -0.2) is 19.4 Å². The quantitative estimate of drug-likeness (QED) is 0.793. The molecule has 4 aliphatic carbocycles. The van der Waals surface area contributed by atoms with Crippen molar-refractivity contribution in [1.82, 2.24) is 5.32 Å². The van der Waals surface area contributed by atoms with Crippen LogP contribution in [0.1, 0.15) is 44.9 Å². The number of hydrogen-bond donors (Lipinski definition) is 1. The first kappa shape index (κ1) is 10.8. The first-order valence-electron chi connectivity index (χ1n) is 6.90. The second kappa shape index (κ2) is 3.83. The third-order valence-electron chi connectivity index (χ3n) is 5.28. The highest BCUT2D eigenvalue weighted by Gasteiger charge is 2.51. The van der Waals surface area contributed by atoms with Crippen molar-refractivity contribution in [3.63, 3.8) is 0 Å². The van der Waals surface area contributed by atoms with Crippen LogP contribution in [0.3, 0.4) is 0 Å². The molecule has 4 saturated carbocycles. The van der Waals surface area contributed by atoms with Gasteiger partial charge in [0.1, 0.15) is 0 Å². The summed E-state index contributed by atoms with van der Waals surface area (Å²) in [6.45, 7) is 0.589. The van der Waals surface area contributed by atoms with E-state index in [-0.39, 0.29) is 5.41 Å². The molecular formula is C14H23NO. The Bertz CT molecular complexity index is 283. The molecule has 2 atom stereocenters. The van der Waals surface area contributed by atoms with Gasteiger partial charge in [-0.15, -0.1) is 0 Å². The van der Waals surface area contributed by atoms with Crippen molar-refractivity contribution in [1.29, 1.82) is 0 Å². The van der Waals surface area contributed by atoms with Gasteiger partial charge in [0, 0.05) is 5.41 Å². The van der Waals surface area contributed by atoms with Gasteiger partial charge < -0.3 is 5.32 Å². The number of Topliss-reactive ketones (excluding diaryl/α,β-unsaturated/α-hetero) is 1. The SMILES string of the molecule is CNCC(=O)C12CC3C[C@@H](CC[C@H](C3)C1)C2. The van der Waals surface area contributed by atoms with Crippen LogP contribution in [0.15, 0.2) is 0 Å². The molecule has 0 saturated heterocycles. The highest BCUT2D eigenvalue weighted by molar-refractivity contribution is 5.87. The lowest BCUT2D eigenvalue weighted by Crippen LogP contribution is -2.46. The lowest BCUT2D eigenvalue weighted by molar-refractivity contribution is -0.135. The Labute approximate surface area is 98.2 Å². The topological polar surface area (TPSA) is 29.1 Å². The number of fused-ring (bicyclic) bond motifs is 1. The predicted molar refractivity (Wildman–Crippen MR) is 64.2 cm³/mol. The van der Waals surface area contributed by atoms with E-state index in [1.54, 1.807) is 0 Å². The maximum atomic E-state index is 12.4. The van der Waals surface area contributed by atoms with E-state index < -0.39 is 0 Å². The van der Waals surface area contributed by atoms with Crippen molar-refractivity contribution >= 4 is 5.78 Å². The normalized spacial score (nSPS) is 45.7. The zero-order chi connectivity index (χ0) is 11.2. The van der Waals surface area contributed by atoms with Crippen LogP contribution in [0, 0.1) is 23.2 Å². The van der Waals surface area contributed by atoms with Gasteiger partial charge in [0.15, 0.2) is 5.78 Å². The Morgan fingerprint density at radius 3 is 2.25 bits per heavy atom. The molecule has 16 heavy (non-hydrogen) atoms. The molecule has 2 heteroatoms. The van der Waals surface area contributed by atoms with E-state index in [0.717, 1.165) is 17.8 Å². The summed E-state index contributed by atoms with van der Waals surface area (Å²) in [7, 11) is 1.90. The lowest BCUT2D eigenvalue weighted by atomic mass is 9.57. The fourth-order valence-electron chi connectivity index (χ4n) is 4.88. The second-order valence-electron chi connectivity index (χ2n) is 6.49. The van der Waals surface area contributed by atoms with Crippen molar-refractivity contribution in [2.75, 3.05) is 13.6 Å². The van der Waals surface area contributed by atoms with E-state index in [1.165, 1.54) is 44.9 Å². The summed E-state index contributed by atoms with van der Waals surface area (Å²) >= 11 is 0. The Morgan fingerprint density at radius 1 is 1.12 bits per heavy atom. The van der Waals surface area contributed by atoms with E-state index >= 15 is 0 Å². The molecule has 90 valence electrons. The van der Waals surface area contributed by atoms with Gasteiger partial charge in [-0.1, -0.05) is 12.8 Å². The number of rotatable bonds is 3. The zero-order valence-electron chi connectivity index (χ0n) is 10.3. The number of ketones is 1. The maximum Gasteiger partial charge on any atom is 0.152 e. The van der Waals surface area contributed by atoms with E-state index in [1.807, 2.05) is 7.05 Å². The number of hydrogen-bond acceptors (Lipinski definition) is 2. The molecule has 4 rings (SSSR count). The molecule has 4 fully saturated rings. The van der Waals surface area contributed by atoms with Crippen LogP contribution in [0.25, 0.3) is 0 Å². The lowest BCUT2D eigenvalue weighted by Gasteiger charge is -2.47. The minimum atomic E-state index is 0.0933. The summed E-state index contributed by atoms with van der Waals surface area (Å²) in [6, 6.07) is 0. The number of likely N-dealkylation sites (N-methyl/N-ethyl adjacent to an activating group) is 1. The largest absolute Gasteiger partial charge is 0.313 e. The van der Waals surface area contributed by atoms with Gasteiger partial charge >= 0.3 is 0 Å². The van der Waals surface area contributed by atoms with Gasteiger partial charge in [0.05, 0.1) is 6.54 Å². The van der Waals surface area contributed by atoms with Crippen molar-refractivity contribution in [3.05, 3.63) is 0 Å². The third kappa shape index (κ3) is 1.62. The first-order valence-corrected chi connectivity index (χ1v) is 6.90. The molecule has 0 amide bonds. The molecule has 0 aromatic carbocycles. The molecule has 2 nitrogen and oxygen atoms in total. The van der Waals surface area contributed by atoms with Gasteiger partial charge in [0.2, 0.25) is 0 Å². The molecule has 0 aliphatic heterocycles. The summed E-state index contributed by atoms with van der Waals surface area (Å²) < 4.78 is 0. The fourth-order valence-corrected chi connectivity index (χ4v) is 4.88. The van der Waals surface area contributed by atoms with Crippen molar-refractivity contribution < 1.29 is 4.79 Å². The Kier molecular flexibility index (Phi) is 2.58. The molecule has 4 aliphatic rings. The highest BCUT2D eigenvalue weighted by atomic mass is 16.1. The molecule has 0 aromatic heterocycles. The number of nitrogens with one attached hydrogen (secondary N) is 1. The van der Waals surface area contributed by atoms with Crippen molar-refractivity contribution in [3.8, 4) is 0 Å². The van der Waals surface area contributed by atoms with Gasteiger partial charge in [-0.2, -0.15) is 0 Å². The van der Waals surface area contributed by atoms with E-state index in [9.17, 15) is 4.79 Å². The summed E-state index contributed by atoms with van der Waals surface area (Å²) in [6.07, 6.45) is 9.27. The van der Waals surface area contributed by atoms with Gasteiger partial charge in [0.25, 0.3) is 0 Å². The molecule has 4 bridgehead atoms. The predicted octanol–water partition coefficient (Wildman–Crippen LogP) is 2.38. The van der Waals surface area contributed by atoms with Gasteiger partial charge in [-0.3, -0.25) is 4.79 Å². The first-order chi connectivity index (χ1) is 7.72. The van der Waals surface area contributed by atoms with E-state index in [0.29, 0.717) is 12.3 Å². The van der Waals surface area contributed by atoms with Crippen LogP contribution < -0.4 is 5.32 Å². The molecular weight excluding hydrogens is 198 g/mol. The van der Waals surface area contributed by atoms with Crippen LogP contribution in [0.5, 0.6) is 0 Å². The van der Waals surface area contributed by atoms with E-state index in [4.69, 9.17) is 0 Å². The third-order valence-corrected chi connectivity index (χ3v) is 5.28. The molecule has 0 aromatic rings. The number of carbonyl (C=O) groups is 1. The average molecular weight is 221 g/mol. The smallest absolute Gasteiger partial charge is 0.152 e. The summed E-state index contributed by atoms with van der Waals surface area (Å²) in [5.74, 6) is 3.12. The maximum absolute atomic E-state index is 12.4. The summed E-state index contributed by atoms with van der Waals surface area (Å²) in [5.41, 5.74) is 0.0933. The standard InChI is InChI=1S/C14H23NO/c1-15-9-13(16)14-6-10-2-3-11(7-14)5-12(4-10)8-14/h10-12,15H,2-9H2,1H3/t10-,11-,12?,14?/m1/s1. The monoisotopic (exact) mass is 221 g/mol. The van der Waals surface area contributed by atoms with Crippen LogP contribution in [0.4, 0.5) is 0 Å². The molecule has 0 heterocycles. The van der Waals surface area contributed by atoms with Crippen molar-refractivity contribution in [2.45, 2.75) is 44.9 Å². The van der Waals surface area contributed by atoms with Crippen LogP contribution in [0.2, 0.25) is 0 Å². The Hall–Kier alpha value is -0.370. The molecule has 1 N–H and O–H groups in total. The van der Waals surface area contributed by atoms with E-state index in [2.05, 4.69) is 5.32 Å². The summed E-state index contributed by atoms with van der Waals surface area (Å²) in [4.78, 5) is 12.4. The molecule has 0 radical (unpaired) electrons. The Balaban J connectivity index is 1.87. The minimum absolute atomic E-state index is 0.0933. The highest BCUT2D eigenvalue weighted by Crippen LogP contribution is 2.57. The fraction of sp³-hybridized carbons (Fsp3) is 0.929. The Morgan fingerprint density at radius 2 is 1.69 bits per heavy atom.